The quantitative estimate of drug-likeness (QED) is 0.685. The van der Waals surface area contributed by atoms with Crippen molar-refractivity contribution >= 4 is 5.69 Å². The van der Waals surface area contributed by atoms with Gasteiger partial charge in [-0.2, -0.15) is 0 Å². The Bertz CT molecular complexity index is 665. The van der Waals surface area contributed by atoms with Gasteiger partial charge in [-0.05, 0) is 43.0 Å². The van der Waals surface area contributed by atoms with Crippen LogP contribution in [0.1, 0.15) is 33.9 Å². The van der Waals surface area contributed by atoms with Crippen molar-refractivity contribution < 1.29 is 10.0 Å². The lowest BCUT2D eigenvalue weighted by molar-refractivity contribution is -0.385. The van der Waals surface area contributed by atoms with Gasteiger partial charge in [-0.15, -0.1) is 0 Å². The summed E-state index contributed by atoms with van der Waals surface area (Å²) in [5.74, 6) is 0. The third-order valence-electron chi connectivity index (χ3n) is 3.59. The molecule has 2 aromatic rings. The molecular weight excluding hydrogens is 254 g/mol. The van der Waals surface area contributed by atoms with Crippen LogP contribution < -0.4 is 0 Å². The molecular formula is C16H17NO3. The van der Waals surface area contributed by atoms with Crippen molar-refractivity contribution in [1.29, 1.82) is 0 Å². The smallest absolute Gasteiger partial charge is 0.272 e. The zero-order valence-corrected chi connectivity index (χ0v) is 11.8. The molecule has 0 aliphatic heterocycles. The number of rotatable bonds is 3. The number of nitro benzene ring substituents is 1. The van der Waals surface area contributed by atoms with E-state index in [9.17, 15) is 15.2 Å². The fourth-order valence-corrected chi connectivity index (χ4v) is 2.12. The van der Waals surface area contributed by atoms with E-state index in [1.54, 1.807) is 19.1 Å². The maximum Gasteiger partial charge on any atom is 0.272 e. The SMILES string of the molecule is Cc1ccc([C@H](O)c2ccc(C)c([N+](=O)[O-])c2)cc1C. The van der Waals surface area contributed by atoms with Crippen LogP contribution in [0.3, 0.4) is 0 Å². The minimum absolute atomic E-state index is 0.0328. The second-order valence-electron chi connectivity index (χ2n) is 5.05. The summed E-state index contributed by atoms with van der Waals surface area (Å²) in [4.78, 5) is 10.5. The lowest BCUT2D eigenvalue weighted by Crippen LogP contribution is -2.02. The molecule has 20 heavy (non-hydrogen) atoms. The van der Waals surface area contributed by atoms with Crippen molar-refractivity contribution in [1.82, 2.24) is 0 Å². The van der Waals surface area contributed by atoms with Crippen LogP contribution in [0.5, 0.6) is 0 Å². The Labute approximate surface area is 117 Å². The number of hydrogen-bond acceptors (Lipinski definition) is 3. The molecule has 0 fully saturated rings. The van der Waals surface area contributed by atoms with Crippen molar-refractivity contribution in [3.05, 3.63) is 74.3 Å². The maximum absolute atomic E-state index is 11.0. The van der Waals surface area contributed by atoms with Crippen molar-refractivity contribution in [3.8, 4) is 0 Å². The summed E-state index contributed by atoms with van der Waals surface area (Å²) in [5, 5.41) is 21.3. The van der Waals surface area contributed by atoms with Crippen LogP contribution in [-0.4, -0.2) is 10.0 Å². The zero-order valence-electron chi connectivity index (χ0n) is 11.8. The van der Waals surface area contributed by atoms with E-state index < -0.39 is 11.0 Å². The average molecular weight is 271 g/mol. The Hall–Kier alpha value is -2.20. The third-order valence-corrected chi connectivity index (χ3v) is 3.59. The summed E-state index contributed by atoms with van der Waals surface area (Å²) in [6.45, 7) is 5.66. The maximum atomic E-state index is 11.0. The highest BCUT2D eigenvalue weighted by atomic mass is 16.6. The van der Waals surface area contributed by atoms with E-state index in [2.05, 4.69) is 0 Å². The Balaban J connectivity index is 2.42. The van der Waals surface area contributed by atoms with E-state index in [1.807, 2.05) is 32.0 Å². The number of hydrogen-bond donors (Lipinski definition) is 1. The number of nitrogens with zero attached hydrogens (tertiary/aromatic N) is 1. The zero-order chi connectivity index (χ0) is 14.9. The molecule has 0 heterocycles. The fourth-order valence-electron chi connectivity index (χ4n) is 2.12. The molecule has 0 saturated heterocycles. The minimum Gasteiger partial charge on any atom is -0.384 e. The first kappa shape index (κ1) is 14.2. The molecule has 0 aliphatic carbocycles. The largest absolute Gasteiger partial charge is 0.384 e. The highest BCUT2D eigenvalue weighted by molar-refractivity contribution is 5.45. The van der Waals surface area contributed by atoms with Gasteiger partial charge in [-0.25, -0.2) is 0 Å². The molecule has 2 aromatic carbocycles. The van der Waals surface area contributed by atoms with Gasteiger partial charge in [0.2, 0.25) is 0 Å². The summed E-state index contributed by atoms with van der Waals surface area (Å²) < 4.78 is 0. The number of benzene rings is 2. The lowest BCUT2D eigenvalue weighted by Gasteiger charge is -2.13. The second-order valence-corrected chi connectivity index (χ2v) is 5.05. The van der Waals surface area contributed by atoms with Gasteiger partial charge in [0, 0.05) is 11.6 Å². The summed E-state index contributed by atoms with van der Waals surface area (Å²) in [6, 6.07) is 10.5. The molecule has 0 aromatic heterocycles. The highest BCUT2D eigenvalue weighted by Gasteiger charge is 2.17. The van der Waals surface area contributed by atoms with E-state index in [1.165, 1.54) is 6.07 Å². The fraction of sp³-hybridized carbons (Fsp3) is 0.250. The van der Waals surface area contributed by atoms with Crippen LogP contribution in [0, 0.1) is 30.9 Å². The molecule has 4 nitrogen and oxygen atoms in total. The Morgan fingerprint density at radius 1 is 0.950 bits per heavy atom. The monoisotopic (exact) mass is 271 g/mol. The van der Waals surface area contributed by atoms with E-state index >= 15 is 0 Å². The molecule has 2 rings (SSSR count). The molecule has 0 radical (unpaired) electrons. The third kappa shape index (κ3) is 2.70. The van der Waals surface area contributed by atoms with Crippen molar-refractivity contribution in [2.75, 3.05) is 0 Å². The van der Waals surface area contributed by atoms with Gasteiger partial charge in [0.1, 0.15) is 6.10 Å². The first-order chi connectivity index (χ1) is 9.40. The van der Waals surface area contributed by atoms with Gasteiger partial charge < -0.3 is 5.11 Å². The van der Waals surface area contributed by atoms with Crippen molar-refractivity contribution in [2.24, 2.45) is 0 Å². The van der Waals surface area contributed by atoms with Gasteiger partial charge in [-0.3, -0.25) is 10.1 Å². The van der Waals surface area contributed by atoms with E-state index in [0.717, 1.165) is 16.7 Å². The first-order valence-corrected chi connectivity index (χ1v) is 6.40. The normalized spacial score (nSPS) is 12.2. The summed E-state index contributed by atoms with van der Waals surface area (Å²) in [5.41, 5.74) is 4.13. The summed E-state index contributed by atoms with van der Waals surface area (Å²) in [6.07, 6.45) is -0.853. The summed E-state index contributed by atoms with van der Waals surface area (Å²) in [7, 11) is 0. The Morgan fingerprint density at radius 2 is 1.50 bits per heavy atom. The van der Waals surface area contributed by atoms with Crippen molar-refractivity contribution in [2.45, 2.75) is 26.9 Å². The van der Waals surface area contributed by atoms with Gasteiger partial charge in [0.05, 0.1) is 4.92 Å². The van der Waals surface area contributed by atoms with Crippen LogP contribution in [0.15, 0.2) is 36.4 Å². The van der Waals surface area contributed by atoms with Crippen LogP contribution in [0.25, 0.3) is 0 Å². The molecule has 0 saturated carbocycles. The number of nitro groups is 1. The van der Waals surface area contributed by atoms with Gasteiger partial charge in [0.15, 0.2) is 0 Å². The Kier molecular flexibility index (Phi) is 3.86. The first-order valence-electron chi connectivity index (χ1n) is 6.40. The molecule has 104 valence electrons. The van der Waals surface area contributed by atoms with E-state index in [0.29, 0.717) is 11.1 Å². The molecule has 1 N–H and O–H groups in total. The topological polar surface area (TPSA) is 63.4 Å². The van der Waals surface area contributed by atoms with Crippen molar-refractivity contribution in [3.63, 3.8) is 0 Å². The average Bonchev–Trinajstić information content (AvgIpc) is 2.41. The number of aliphatic hydroxyl groups is 1. The predicted octanol–water partition coefficient (Wildman–Crippen LogP) is 3.60. The molecule has 0 unspecified atom stereocenters. The van der Waals surface area contributed by atoms with E-state index in [4.69, 9.17) is 0 Å². The predicted molar refractivity (Wildman–Crippen MR) is 77.8 cm³/mol. The van der Waals surface area contributed by atoms with Gasteiger partial charge in [-0.1, -0.05) is 30.3 Å². The minimum atomic E-state index is -0.853. The van der Waals surface area contributed by atoms with Crippen LogP contribution in [0.2, 0.25) is 0 Å². The molecule has 0 bridgehead atoms. The summed E-state index contributed by atoms with van der Waals surface area (Å²) >= 11 is 0. The van der Waals surface area contributed by atoms with Crippen LogP contribution in [-0.2, 0) is 0 Å². The van der Waals surface area contributed by atoms with Gasteiger partial charge in [0.25, 0.3) is 5.69 Å². The lowest BCUT2D eigenvalue weighted by atomic mass is 9.97. The standard InChI is InChI=1S/C16H17NO3/c1-10-4-6-13(8-12(10)3)16(18)14-7-5-11(2)15(9-14)17(19)20/h4-9,16,18H,1-3H3/t16-/m0/s1. The second kappa shape index (κ2) is 5.43. The molecule has 0 spiro atoms. The van der Waals surface area contributed by atoms with Gasteiger partial charge >= 0.3 is 0 Å². The molecule has 0 aliphatic rings. The van der Waals surface area contributed by atoms with Crippen LogP contribution in [0.4, 0.5) is 5.69 Å². The Morgan fingerprint density at radius 3 is 2.05 bits per heavy atom. The molecule has 1 atom stereocenters. The highest BCUT2D eigenvalue weighted by Crippen LogP contribution is 2.28. The molecule has 0 amide bonds. The number of aryl methyl sites for hydroxylation is 3. The van der Waals surface area contributed by atoms with E-state index in [-0.39, 0.29) is 5.69 Å². The number of aliphatic hydroxyl groups excluding tert-OH is 1. The molecule has 4 heteroatoms. The van der Waals surface area contributed by atoms with Crippen LogP contribution >= 0.6 is 0 Å².